The molecule has 0 spiro atoms. The lowest BCUT2D eigenvalue weighted by Gasteiger charge is -2.02. The zero-order valence-electron chi connectivity index (χ0n) is 7.97. The summed E-state index contributed by atoms with van der Waals surface area (Å²) >= 11 is 0. The molecule has 2 rings (SSSR count). The maximum Gasteiger partial charge on any atom is 0.404 e. The summed E-state index contributed by atoms with van der Waals surface area (Å²) in [5, 5.41) is 11.8. The zero-order valence-corrected chi connectivity index (χ0v) is 7.97. The molecule has 0 aliphatic carbocycles. The van der Waals surface area contributed by atoms with Crippen molar-refractivity contribution >= 4 is 17.0 Å². The summed E-state index contributed by atoms with van der Waals surface area (Å²) < 4.78 is 0. The van der Waals surface area contributed by atoms with Crippen molar-refractivity contribution in [3.8, 4) is 0 Å². The molecule has 0 unspecified atom stereocenters. The minimum absolute atomic E-state index is 0.320. The van der Waals surface area contributed by atoms with Gasteiger partial charge in [-0.15, -0.1) is 0 Å². The van der Waals surface area contributed by atoms with Crippen LogP contribution < -0.4 is 5.32 Å². The normalized spacial score (nSPS) is 10.1. The smallest absolute Gasteiger partial charge is 0.404 e. The number of fused-ring (bicyclic) bond motifs is 1. The van der Waals surface area contributed by atoms with Crippen LogP contribution >= 0.6 is 0 Å². The van der Waals surface area contributed by atoms with E-state index in [1.165, 1.54) is 0 Å². The topological polar surface area (TPSA) is 62.2 Å². The molecule has 1 aromatic carbocycles. The van der Waals surface area contributed by atoms with Crippen LogP contribution in [0, 0.1) is 0 Å². The number of rotatable bonds is 2. The molecule has 4 heteroatoms. The predicted octanol–water partition coefficient (Wildman–Crippen LogP) is 2.00. The average Bonchev–Trinajstić information content (AvgIpc) is 2.26. The molecule has 0 fully saturated rings. The van der Waals surface area contributed by atoms with Crippen molar-refractivity contribution in [2.45, 2.75) is 6.54 Å². The Morgan fingerprint density at radius 2 is 2.27 bits per heavy atom. The molecule has 0 saturated heterocycles. The highest BCUT2D eigenvalue weighted by atomic mass is 16.4. The summed E-state index contributed by atoms with van der Waals surface area (Å²) in [6, 6.07) is 9.49. The summed E-state index contributed by atoms with van der Waals surface area (Å²) in [6.45, 7) is 0.320. The summed E-state index contributed by atoms with van der Waals surface area (Å²) in [7, 11) is 0. The maximum atomic E-state index is 10.3. The number of nitrogens with zero attached hydrogens (tertiary/aromatic N) is 1. The fourth-order valence-electron chi connectivity index (χ4n) is 1.41. The maximum absolute atomic E-state index is 10.3. The van der Waals surface area contributed by atoms with Gasteiger partial charge in [-0.1, -0.05) is 12.1 Å². The molecule has 2 N–H and O–H groups in total. The minimum atomic E-state index is -1.01. The van der Waals surface area contributed by atoms with E-state index in [9.17, 15) is 4.79 Å². The first-order valence-corrected chi connectivity index (χ1v) is 4.56. The first kappa shape index (κ1) is 9.45. The molecule has 1 aromatic heterocycles. The number of hydrogen-bond donors (Lipinski definition) is 2. The van der Waals surface area contributed by atoms with Crippen molar-refractivity contribution in [1.82, 2.24) is 10.3 Å². The van der Waals surface area contributed by atoms with E-state index in [4.69, 9.17) is 5.11 Å². The molecule has 0 atom stereocenters. The number of hydrogen-bond acceptors (Lipinski definition) is 2. The predicted molar refractivity (Wildman–Crippen MR) is 56.6 cm³/mol. The number of nitrogens with one attached hydrogen (secondary N) is 1. The third-order valence-corrected chi connectivity index (χ3v) is 2.11. The Morgan fingerprint density at radius 1 is 1.40 bits per heavy atom. The fourth-order valence-corrected chi connectivity index (χ4v) is 1.41. The Hall–Kier alpha value is -2.10. The molecule has 2 aromatic rings. The van der Waals surface area contributed by atoms with E-state index in [-0.39, 0.29) is 0 Å². The Bertz CT molecular complexity index is 497. The highest BCUT2D eigenvalue weighted by molar-refractivity contribution is 5.79. The van der Waals surface area contributed by atoms with Crippen LogP contribution in [0.3, 0.4) is 0 Å². The van der Waals surface area contributed by atoms with Gasteiger partial charge in [-0.2, -0.15) is 0 Å². The van der Waals surface area contributed by atoms with Crippen molar-refractivity contribution in [2.75, 3.05) is 0 Å². The number of carboxylic acid groups (broad SMARTS) is 1. The summed E-state index contributed by atoms with van der Waals surface area (Å²) in [6.07, 6.45) is 0.721. The van der Waals surface area contributed by atoms with Crippen molar-refractivity contribution in [2.24, 2.45) is 0 Å². The lowest BCUT2D eigenvalue weighted by atomic mass is 10.1. The Morgan fingerprint density at radius 3 is 3.07 bits per heavy atom. The van der Waals surface area contributed by atoms with Gasteiger partial charge in [0.25, 0.3) is 0 Å². The number of aromatic nitrogens is 1. The van der Waals surface area contributed by atoms with E-state index in [0.717, 1.165) is 16.5 Å². The molecule has 0 bridgehead atoms. The van der Waals surface area contributed by atoms with Gasteiger partial charge in [-0.05, 0) is 23.8 Å². The second kappa shape index (κ2) is 3.96. The van der Waals surface area contributed by atoms with Crippen LogP contribution in [0.25, 0.3) is 10.9 Å². The van der Waals surface area contributed by atoms with Crippen molar-refractivity contribution in [1.29, 1.82) is 0 Å². The molecule has 1 amide bonds. The van der Waals surface area contributed by atoms with E-state index in [1.807, 2.05) is 30.3 Å². The second-order valence-electron chi connectivity index (χ2n) is 3.19. The first-order chi connectivity index (χ1) is 7.25. The molecule has 1 heterocycles. The number of amides is 1. The van der Waals surface area contributed by atoms with E-state index < -0.39 is 6.09 Å². The van der Waals surface area contributed by atoms with Crippen LogP contribution in [0.15, 0.2) is 36.5 Å². The van der Waals surface area contributed by atoms with Gasteiger partial charge < -0.3 is 10.4 Å². The number of carbonyl (C=O) groups is 1. The van der Waals surface area contributed by atoms with Gasteiger partial charge in [0.2, 0.25) is 0 Å². The summed E-state index contributed by atoms with van der Waals surface area (Å²) in [4.78, 5) is 14.5. The molecular weight excluding hydrogens is 192 g/mol. The molecular formula is C11H10N2O2. The lowest BCUT2D eigenvalue weighted by Crippen LogP contribution is -2.19. The molecule has 76 valence electrons. The van der Waals surface area contributed by atoms with E-state index >= 15 is 0 Å². The summed E-state index contributed by atoms with van der Waals surface area (Å²) in [5.74, 6) is 0. The fraction of sp³-hybridized carbons (Fsp3) is 0.0909. The van der Waals surface area contributed by atoms with Gasteiger partial charge >= 0.3 is 6.09 Å². The Kier molecular flexibility index (Phi) is 2.49. The van der Waals surface area contributed by atoms with Crippen LogP contribution in [0.5, 0.6) is 0 Å². The van der Waals surface area contributed by atoms with Crippen molar-refractivity contribution < 1.29 is 9.90 Å². The van der Waals surface area contributed by atoms with E-state index in [1.54, 1.807) is 6.20 Å². The van der Waals surface area contributed by atoms with Crippen LogP contribution in [-0.2, 0) is 6.54 Å². The molecule has 15 heavy (non-hydrogen) atoms. The van der Waals surface area contributed by atoms with Crippen LogP contribution in [0.1, 0.15) is 5.56 Å². The molecule has 0 aliphatic heterocycles. The van der Waals surface area contributed by atoms with Gasteiger partial charge in [0, 0.05) is 18.1 Å². The highest BCUT2D eigenvalue weighted by Gasteiger charge is 1.98. The van der Waals surface area contributed by atoms with E-state index in [0.29, 0.717) is 6.54 Å². The van der Waals surface area contributed by atoms with Crippen LogP contribution in [-0.4, -0.2) is 16.2 Å². The van der Waals surface area contributed by atoms with Crippen LogP contribution in [0.4, 0.5) is 4.79 Å². The van der Waals surface area contributed by atoms with E-state index in [2.05, 4.69) is 10.3 Å². The quantitative estimate of drug-likeness (QED) is 0.782. The molecule has 0 aliphatic rings. The van der Waals surface area contributed by atoms with Gasteiger partial charge in [0.1, 0.15) is 0 Å². The first-order valence-electron chi connectivity index (χ1n) is 4.56. The largest absolute Gasteiger partial charge is 0.465 e. The average molecular weight is 202 g/mol. The SMILES string of the molecule is O=C(O)NCc1ccc2ncccc2c1. The van der Waals surface area contributed by atoms with Crippen LogP contribution in [0.2, 0.25) is 0 Å². The third kappa shape index (κ3) is 2.22. The van der Waals surface area contributed by atoms with Gasteiger partial charge in [-0.3, -0.25) is 4.98 Å². The zero-order chi connectivity index (χ0) is 10.7. The van der Waals surface area contributed by atoms with Crippen molar-refractivity contribution in [3.63, 3.8) is 0 Å². The Labute approximate surface area is 86.6 Å². The second-order valence-corrected chi connectivity index (χ2v) is 3.19. The van der Waals surface area contributed by atoms with Gasteiger partial charge in [0.05, 0.1) is 5.52 Å². The monoisotopic (exact) mass is 202 g/mol. The standard InChI is InChI=1S/C11H10N2O2/c14-11(15)13-7-8-3-4-10-9(6-8)2-1-5-12-10/h1-6,13H,7H2,(H,14,15). The lowest BCUT2D eigenvalue weighted by molar-refractivity contribution is 0.194. The highest BCUT2D eigenvalue weighted by Crippen LogP contribution is 2.12. The third-order valence-electron chi connectivity index (χ3n) is 2.11. The minimum Gasteiger partial charge on any atom is -0.465 e. The summed E-state index contributed by atoms with van der Waals surface area (Å²) in [5.41, 5.74) is 1.84. The number of pyridine rings is 1. The molecule has 0 saturated carbocycles. The van der Waals surface area contributed by atoms with Gasteiger partial charge in [-0.25, -0.2) is 4.79 Å². The Balaban J connectivity index is 2.26. The molecule has 0 radical (unpaired) electrons. The number of benzene rings is 1. The molecule has 4 nitrogen and oxygen atoms in total. The van der Waals surface area contributed by atoms with Gasteiger partial charge in [0.15, 0.2) is 0 Å². The van der Waals surface area contributed by atoms with Crippen molar-refractivity contribution in [3.05, 3.63) is 42.1 Å².